The van der Waals surface area contributed by atoms with E-state index in [0.29, 0.717) is 16.7 Å². The van der Waals surface area contributed by atoms with Gasteiger partial charge in [-0.05, 0) is 35.9 Å². The molecule has 1 heterocycles. The molecule has 1 atom stereocenters. The molecule has 0 radical (unpaired) electrons. The van der Waals surface area contributed by atoms with Crippen LogP contribution < -0.4 is 5.32 Å². The number of rotatable bonds is 5. The molecule has 2 aromatic carbocycles. The SMILES string of the molecule is CN(C(=O)CCNC(=O)c1ccc(F)cc1F)[C@@H]1CS(=O)(=O)c2ccc(Cl)cc21. The molecule has 1 N–H and O–H groups in total. The minimum absolute atomic E-state index is 0.0965. The monoisotopic (exact) mass is 442 g/mol. The first-order valence-corrected chi connectivity index (χ1v) is 10.6. The van der Waals surface area contributed by atoms with Crippen LogP contribution in [0.2, 0.25) is 5.02 Å². The number of nitrogens with zero attached hydrogens (tertiary/aromatic N) is 1. The highest BCUT2D eigenvalue weighted by molar-refractivity contribution is 7.91. The van der Waals surface area contributed by atoms with Crippen molar-refractivity contribution in [3.63, 3.8) is 0 Å². The number of amides is 2. The van der Waals surface area contributed by atoms with Crippen molar-refractivity contribution in [1.29, 1.82) is 0 Å². The Kier molecular flexibility index (Phi) is 5.90. The molecule has 2 amide bonds. The van der Waals surface area contributed by atoms with Gasteiger partial charge in [0.05, 0.1) is 22.3 Å². The normalized spacial score (nSPS) is 16.9. The summed E-state index contributed by atoms with van der Waals surface area (Å²) >= 11 is 5.97. The van der Waals surface area contributed by atoms with Crippen molar-refractivity contribution in [2.75, 3.05) is 19.3 Å². The first-order valence-electron chi connectivity index (χ1n) is 8.61. The van der Waals surface area contributed by atoms with Gasteiger partial charge in [-0.15, -0.1) is 0 Å². The number of halogens is 3. The molecule has 1 aliphatic heterocycles. The predicted octanol–water partition coefficient (Wildman–Crippen LogP) is 2.73. The van der Waals surface area contributed by atoms with Crippen LogP contribution in [-0.4, -0.2) is 44.5 Å². The van der Waals surface area contributed by atoms with Crippen molar-refractivity contribution >= 4 is 33.3 Å². The Morgan fingerprint density at radius 2 is 1.93 bits per heavy atom. The van der Waals surface area contributed by atoms with Crippen molar-refractivity contribution in [2.24, 2.45) is 0 Å². The molecule has 154 valence electrons. The summed E-state index contributed by atoms with van der Waals surface area (Å²) < 4.78 is 51.2. The summed E-state index contributed by atoms with van der Waals surface area (Å²) in [6.45, 7) is -0.0965. The number of carbonyl (C=O) groups excluding carboxylic acids is 2. The van der Waals surface area contributed by atoms with Crippen molar-refractivity contribution < 1.29 is 26.8 Å². The van der Waals surface area contributed by atoms with Gasteiger partial charge in [0.2, 0.25) is 5.91 Å². The molecular weight excluding hydrogens is 426 g/mol. The molecule has 0 fully saturated rings. The lowest BCUT2D eigenvalue weighted by Gasteiger charge is -2.24. The Hall–Kier alpha value is -2.52. The maximum Gasteiger partial charge on any atom is 0.254 e. The van der Waals surface area contributed by atoms with Crippen molar-refractivity contribution in [3.05, 3.63) is 64.2 Å². The zero-order valence-corrected chi connectivity index (χ0v) is 16.9. The van der Waals surface area contributed by atoms with Crippen LogP contribution in [0.1, 0.15) is 28.4 Å². The van der Waals surface area contributed by atoms with Gasteiger partial charge >= 0.3 is 0 Å². The van der Waals surface area contributed by atoms with E-state index in [9.17, 15) is 26.8 Å². The zero-order chi connectivity index (χ0) is 21.3. The largest absolute Gasteiger partial charge is 0.351 e. The van der Waals surface area contributed by atoms with Gasteiger partial charge in [0.25, 0.3) is 5.91 Å². The van der Waals surface area contributed by atoms with Crippen LogP contribution in [0, 0.1) is 11.6 Å². The molecular formula is C19H17ClF2N2O4S. The Bertz CT molecular complexity index is 1090. The van der Waals surface area contributed by atoms with Gasteiger partial charge in [-0.2, -0.15) is 0 Å². The second-order valence-electron chi connectivity index (χ2n) is 6.61. The Balaban J connectivity index is 1.63. The molecule has 29 heavy (non-hydrogen) atoms. The number of nitrogens with one attached hydrogen (secondary N) is 1. The van der Waals surface area contributed by atoms with Crippen LogP contribution in [-0.2, 0) is 14.6 Å². The summed E-state index contributed by atoms with van der Waals surface area (Å²) in [6, 6.07) is 6.30. The third-order valence-electron chi connectivity index (χ3n) is 4.70. The van der Waals surface area contributed by atoms with Crippen LogP contribution in [0.5, 0.6) is 0 Å². The van der Waals surface area contributed by atoms with Crippen molar-refractivity contribution in [2.45, 2.75) is 17.4 Å². The van der Waals surface area contributed by atoms with Gasteiger partial charge in [-0.1, -0.05) is 11.6 Å². The molecule has 10 heteroatoms. The van der Waals surface area contributed by atoms with Gasteiger partial charge in [0.1, 0.15) is 11.6 Å². The smallest absolute Gasteiger partial charge is 0.254 e. The van der Waals surface area contributed by atoms with Crippen LogP contribution in [0.15, 0.2) is 41.3 Å². The fraction of sp³-hybridized carbons (Fsp3) is 0.263. The third-order valence-corrected chi connectivity index (χ3v) is 6.74. The molecule has 0 saturated carbocycles. The molecule has 0 spiro atoms. The first-order chi connectivity index (χ1) is 13.6. The van der Waals surface area contributed by atoms with Gasteiger partial charge in [-0.25, -0.2) is 17.2 Å². The van der Waals surface area contributed by atoms with E-state index in [1.165, 1.54) is 30.1 Å². The molecule has 0 unspecified atom stereocenters. The average Bonchev–Trinajstić information content (AvgIpc) is 2.91. The predicted molar refractivity (Wildman–Crippen MR) is 102 cm³/mol. The van der Waals surface area contributed by atoms with E-state index in [2.05, 4.69) is 5.32 Å². The Labute approximate surface area is 171 Å². The molecule has 3 rings (SSSR count). The fourth-order valence-electron chi connectivity index (χ4n) is 3.17. The quantitative estimate of drug-likeness (QED) is 0.771. The Morgan fingerprint density at radius 3 is 2.62 bits per heavy atom. The number of benzene rings is 2. The van der Waals surface area contributed by atoms with E-state index >= 15 is 0 Å². The van der Waals surface area contributed by atoms with E-state index in [0.717, 1.165) is 12.1 Å². The number of sulfone groups is 1. The fourth-order valence-corrected chi connectivity index (χ4v) is 5.18. The number of fused-ring (bicyclic) bond motifs is 1. The summed E-state index contributed by atoms with van der Waals surface area (Å²) in [5, 5.41) is 2.75. The molecule has 0 aromatic heterocycles. The molecule has 2 aromatic rings. The molecule has 6 nitrogen and oxygen atoms in total. The van der Waals surface area contributed by atoms with E-state index in [4.69, 9.17) is 11.6 Å². The first kappa shape index (κ1) is 21.2. The summed E-state index contributed by atoms with van der Waals surface area (Å²) in [4.78, 5) is 25.9. The van der Waals surface area contributed by atoms with E-state index in [1.807, 2.05) is 0 Å². The lowest BCUT2D eigenvalue weighted by atomic mass is 10.1. The van der Waals surface area contributed by atoms with E-state index < -0.39 is 39.3 Å². The highest BCUT2D eigenvalue weighted by Crippen LogP contribution is 2.38. The molecule has 0 bridgehead atoms. The van der Waals surface area contributed by atoms with Crippen LogP contribution in [0.3, 0.4) is 0 Å². The maximum atomic E-state index is 13.6. The standard InChI is InChI=1S/C19H17ClF2N2O4S/c1-24(16-10-29(27,28)17-5-2-11(20)8-14(16)17)18(25)6-7-23-19(26)13-4-3-12(21)9-15(13)22/h2-5,8-9,16H,6-7,10H2,1H3,(H,23,26)/t16-/m1/s1. The second kappa shape index (κ2) is 8.08. The minimum Gasteiger partial charge on any atom is -0.351 e. The highest BCUT2D eigenvalue weighted by atomic mass is 35.5. The lowest BCUT2D eigenvalue weighted by molar-refractivity contribution is -0.131. The minimum atomic E-state index is -3.52. The number of carbonyl (C=O) groups is 2. The molecule has 0 aliphatic carbocycles. The number of hydrogen-bond acceptors (Lipinski definition) is 4. The lowest BCUT2D eigenvalue weighted by Crippen LogP contribution is -2.35. The summed E-state index contributed by atoms with van der Waals surface area (Å²) in [5.41, 5.74) is 0.114. The topological polar surface area (TPSA) is 83.6 Å². The molecule has 1 aliphatic rings. The van der Waals surface area contributed by atoms with Gasteiger partial charge in [-0.3, -0.25) is 9.59 Å². The van der Waals surface area contributed by atoms with E-state index in [1.54, 1.807) is 0 Å². The van der Waals surface area contributed by atoms with Crippen LogP contribution in [0.25, 0.3) is 0 Å². The summed E-state index contributed by atoms with van der Waals surface area (Å²) in [6.07, 6.45) is -0.127. The van der Waals surface area contributed by atoms with Crippen molar-refractivity contribution in [3.8, 4) is 0 Å². The van der Waals surface area contributed by atoms with Crippen molar-refractivity contribution in [1.82, 2.24) is 10.2 Å². The highest BCUT2D eigenvalue weighted by Gasteiger charge is 2.38. The Morgan fingerprint density at radius 1 is 1.21 bits per heavy atom. The van der Waals surface area contributed by atoms with E-state index in [-0.39, 0.29) is 29.2 Å². The third kappa shape index (κ3) is 4.40. The van der Waals surface area contributed by atoms with Gasteiger partial charge < -0.3 is 10.2 Å². The summed E-state index contributed by atoms with van der Waals surface area (Å²) in [7, 11) is -2.05. The maximum absolute atomic E-state index is 13.6. The van der Waals surface area contributed by atoms with Crippen LogP contribution >= 0.6 is 11.6 Å². The number of hydrogen-bond donors (Lipinski definition) is 1. The average molecular weight is 443 g/mol. The summed E-state index contributed by atoms with van der Waals surface area (Å²) in [5.74, 6) is -3.24. The second-order valence-corrected chi connectivity index (χ2v) is 9.05. The molecule has 0 saturated heterocycles. The van der Waals surface area contributed by atoms with Crippen LogP contribution in [0.4, 0.5) is 8.78 Å². The zero-order valence-electron chi connectivity index (χ0n) is 15.3. The van der Waals surface area contributed by atoms with Gasteiger partial charge in [0.15, 0.2) is 9.84 Å². The van der Waals surface area contributed by atoms with Gasteiger partial charge in [0, 0.05) is 31.1 Å².